The fourth-order valence-corrected chi connectivity index (χ4v) is 5.82. The lowest BCUT2D eigenvalue weighted by Crippen LogP contribution is -2.32. The highest BCUT2D eigenvalue weighted by molar-refractivity contribution is 7.99. The van der Waals surface area contributed by atoms with Crippen LogP contribution in [0.2, 0.25) is 0 Å². The zero-order valence-electron chi connectivity index (χ0n) is 19.1. The third-order valence-corrected chi connectivity index (χ3v) is 7.69. The van der Waals surface area contributed by atoms with E-state index >= 15 is 0 Å². The topological polar surface area (TPSA) is 3.24 Å². The van der Waals surface area contributed by atoms with E-state index in [0.717, 1.165) is 0 Å². The van der Waals surface area contributed by atoms with Crippen molar-refractivity contribution in [3.63, 3.8) is 0 Å². The summed E-state index contributed by atoms with van der Waals surface area (Å²) in [6.45, 7) is 3.59. The molecular weight excluding hydrogens is 442 g/mol. The average Bonchev–Trinajstić information content (AvgIpc) is 3.02. The fourth-order valence-electron chi connectivity index (χ4n) is 4.89. The van der Waals surface area contributed by atoms with Crippen LogP contribution in [0.25, 0.3) is 17.7 Å². The number of thioether (sulfide) groups is 1. The van der Waals surface area contributed by atoms with E-state index in [1.165, 1.54) is 83.8 Å². The predicted molar refractivity (Wildman–Crippen MR) is 147 cm³/mol. The molecule has 0 spiro atoms. The highest BCUT2D eigenvalue weighted by Crippen LogP contribution is 2.38. The summed E-state index contributed by atoms with van der Waals surface area (Å²) >= 11 is 1.98. The number of unbranched alkanes of at least 4 members (excludes halogenated alkanes) is 1. The first kappa shape index (κ1) is 23.9. The third kappa shape index (κ3) is 5.81. The molecule has 0 amide bonds. The molecule has 1 fully saturated rings. The summed E-state index contributed by atoms with van der Waals surface area (Å²) in [6, 6.07) is 28.6. The smallest absolute Gasteiger partial charge is 0.00719 e. The molecule has 0 atom stereocenters. The van der Waals surface area contributed by atoms with Gasteiger partial charge in [-0.1, -0.05) is 84.5 Å². The molecule has 1 aliphatic carbocycles. The molecule has 0 aromatic heterocycles. The largest absolute Gasteiger partial charge is 0.303 e. The minimum Gasteiger partial charge on any atom is -0.303 e. The van der Waals surface area contributed by atoms with Crippen molar-refractivity contribution in [2.75, 3.05) is 25.4 Å². The maximum Gasteiger partial charge on any atom is 0.00719 e. The second-order valence-electron chi connectivity index (χ2n) is 8.70. The Morgan fingerprint density at radius 2 is 1.24 bits per heavy atom. The highest BCUT2D eigenvalue weighted by atomic mass is 35.5. The Hall–Kier alpha value is -2.26. The molecule has 3 aromatic rings. The van der Waals surface area contributed by atoms with E-state index in [-0.39, 0.29) is 12.4 Å². The average molecular weight is 474 g/mol. The van der Waals surface area contributed by atoms with Gasteiger partial charge in [-0.25, -0.2) is 0 Å². The number of fused-ring (bicyclic) bond motifs is 2. The first-order valence-corrected chi connectivity index (χ1v) is 12.9. The highest BCUT2D eigenvalue weighted by Gasteiger charge is 2.22. The zero-order valence-corrected chi connectivity index (χ0v) is 20.7. The van der Waals surface area contributed by atoms with Gasteiger partial charge in [0.25, 0.3) is 0 Å². The van der Waals surface area contributed by atoms with E-state index in [0.29, 0.717) is 0 Å². The summed E-state index contributed by atoms with van der Waals surface area (Å²) < 4.78 is 0. The summed E-state index contributed by atoms with van der Waals surface area (Å²) in [6.07, 6.45) is 9.50. The molecule has 0 unspecified atom stereocenters. The Bertz CT molecular complexity index is 1060. The van der Waals surface area contributed by atoms with E-state index < -0.39 is 0 Å². The maximum absolute atomic E-state index is 2.67. The van der Waals surface area contributed by atoms with E-state index in [1.54, 1.807) is 5.57 Å². The molecule has 1 saturated heterocycles. The summed E-state index contributed by atoms with van der Waals surface area (Å²) in [5, 5.41) is 0. The van der Waals surface area contributed by atoms with Crippen LogP contribution in [0.4, 0.5) is 0 Å². The van der Waals surface area contributed by atoms with Gasteiger partial charge in [-0.05, 0) is 77.9 Å². The van der Waals surface area contributed by atoms with Gasteiger partial charge in [0.05, 0.1) is 0 Å². The Labute approximate surface area is 209 Å². The van der Waals surface area contributed by atoms with Crippen molar-refractivity contribution in [2.24, 2.45) is 0 Å². The number of nitrogens with zero attached hydrogens (tertiary/aromatic N) is 1. The molecule has 5 rings (SSSR count). The van der Waals surface area contributed by atoms with E-state index in [1.807, 2.05) is 11.8 Å². The second kappa shape index (κ2) is 11.7. The summed E-state index contributed by atoms with van der Waals surface area (Å²) in [7, 11) is 0. The molecule has 0 saturated carbocycles. The Morgan fingerprint density at radius 1 is 0.667 bits per heavy atom. The van der Waals surface area contributed by atoms with Crippen LogP contribution in [-0.4, -0.2) is 30.3 Å². The van der Waals surface area contributed by atoms with Crippen LogP contribution in [-0.2, 0) is 0 Å². The standard InChI is InChI=1S/C30H31NS.ClH/c1-2-12-27(13-3-1)32-23-9-8-20-31-21-18-26(19-22-31)30-28-14-6-4-10-24(28)16-17-25-11-5-7-15-29(25)30;/h1-7,10-17H,8-9,18-23H2;1H. The number of piperidine rings is 1. The van der Waals surface area contributed by atoms with Gasteiger partial charge < -0.3 is 4.90 Å². The molecule has 1 heterocycles. The Kier molecular flexibility index (Phi) is 8.50. The molecule has 3 heteroatoms. The first-order chi connectivity index (χ1) is 15.9. The van der Waals surface area contributed by atoms with Gasteiger partial charge >= 0.3 is 0 Å². The number of benzene rings is 3. The minimum atomic E-state index is 0. The van der Waals surface area contributed by atoms with Crippen molar-refractivity contribution in [1.29, 1.82) is 0 Å². The van der Waals surface area contributed by atoms with Crippen LogP contribution in [0, 0.1) is 0 Å². The second-order valence-corrected chi connectivity index (χ2v) is 9.86. The number of halogens is 1. The summed E-state index contributed by atoms with van der Waals surface area (Å²) in [4.78, 5) is 4.06. The SMILES string of the molecule is C1=Cc2ccccc2C(=C2CCN(CCCCSc3ccccc3)CC2)c2ccccc21.Cl. The van der Waals surface area contributed by atoms with Crippen molar-refractivity contribution >= 4 is 41.9 Å². The van der Waals surface area contributed by atoms with Crippen LogP contribution in [0.1, 0.15) is 47.9 Å². The first-order valence-electron chi connectivity index (χ1n) is 11.9. The van der Waals surface area contributed by atoms with Crippen LogP contribution >= 0.6 is 24.2 Å². The Morgan fingerprint density at radius 3 is 1.88 bits per heavy atom. The van der Waals surface area contributed by atoms with Crippen molar-refractivity contribution in [3.8, 4) is 0 Å². The van der Waals surface area contributed by atoms with Crippen LogP contribution in [0.15, 0.2) is 89.3 Å². The molecule has 1 aliphatic heterocycles. The maximum atomic E-state index is 2.67. The van der Waals surface area contributed by atoms with Gasteiger partial charge in [0, 0.05) is 18.0 Å². The number of rotatable bonds is 6. The lowest BCUT2D eigenvalue weighted by molar-refractivity contribution is 0.253. The molecule has 33 heavy (non-hydrogen) atoms. The van der Waals surface area contributed by atoms with E-state index in [2.05, 4.69) is 95.9 Å². The van der Waals surface area contributed by atoms with Gasteiger partial charge in [0.15, 0.2) is 0 Å². The lowest BCUT2D eigenvalue weighted by atomic mass is 9.86. The quantitative estimate of drug-likeness (QED) is 0.206. The molecule has 0 bridgehead atoms. The van der Waals surface area contributed by atoms with Crippen molar-refractivity contribution in [1.82, 2.24) is 4.90 Å². The predicted octanol–water partition coefficient (Wildman–Crippen LogP) is 8.06. The van der Waals surface area contributed by atoms with Gasteiger partial charge in [-0.3, -0.25) is 0 Å². The molecular formula is C30H32ClNS. The lowest BCUT2D eigenvalue weighted by Gasteiger charge is -2.30. The van der Waals surface area contributed by atoms with Crippen LogP contribution in [0.5, 0.6) is 0 Å². The third-order valence-electron chi connectivity index (χ3n) is 6.60. The molecule has 1 nitrogen and oxygen atoms in total. The molecule has 2 aliphatic rings. The Balaban J connectivity index is 0.00000259. The molecule has 0 radical (unpaired) electrons. The number of hydrogen-bond donors (Lipinski definition) is 0. The van der Waals surface area contributed by atoms with E-state index in [9.17, 15) is 0 Å². The van der Waals surface area contributed by atoms with Gasteiger partial charge in [-0.15, -0.1) is 24.2 Å². The molecule has 170 valence electrons. The number of likely N-dealkylation sites (tertiary alicyclic amines) is 1. The summed E-state index contributed by atoms with van der Waals surface area (Å²) in [5.74, 6) is 1.22. The van der Waals surface area contributed by atoms with Gasteiger partial charge in [-0.2, -0.15) is 0 Å². The van der Waals surface area contributed by atoms with Crippen molar-refractivity contribution in [2.45, 2.75) is 30.6 Å². The zero-order chi connectivity index (χ0) is 21.6. The van der Waals surface area contributed by atoms with E-state index in [4.69, 9.17) is 0 Å². The number of hydrogen-bond acceptors (Lipinski definition) is 2. The van der Waals surface area contributed by atoms with Crippen molar-refractivity contribution < 1.29 is 0 Å². The van der Waals surface area contributed by atoms with Gasteiger partial charge in [0.2, 0.25) is 0 Å². The molecule has 0 N–H and O–H groups in total. The van der Waals surface area contributed by atoms with Crippen molar-refractivity contribution in [3.05, 3.63) is 107 Å². The summed E-state index contributed by atoms with van der Waals surface area (Å²) in [5.41, 5.74) is 8.59. The van der Waals surface area contributed by atoms with Crippen LogP contribution < -0.4 is 0 Å². The molecule has 3 aromatic carbocycles. The fraction of sp³-hybridized carbons (Fsp3) is 0.267. The monoisotopic (exact) mass is 473 g/mol. The minimum absolute atomic E-state index is 0. The normalized spacial score (nSPS) is 15.4. The van der Waals surface area contributed by atoms with Gasteiger partial charge in [0.1, 0.15) is 0 Å². The van der Waals surface area contributed by atoms with Crippen LogP contribution in [0.3, 0.4) is 0 Å².